The van der Waals surface area contributed by atoms with E-state index in [1.54, 1.807) is 18.2 Å². The third kappa shape index (κ3) is 2.82. The van der Waals surface area contributed by atoms with Crippen LogP contribution in [0.15, 0.2) is 18.2 Å². The van der Waals surface area contributed by atoms with Crippen molar-refractivity contribution in [2.24, 2.45) is 11.7 Å². The molecule has 2 unspecified atom stereocenters. The van der Waals surface area contributed by atoms with Crippen LogP contribution in [-0.2, 0) is 0 Å². The number of nitro groups is 1. The number of halogens is 1. The summed E-state index contributed by atoms with van der Waals surface area (Å²) in [6.45, 7) is 3.46. The Hall–Kier alpha value is -1.33. The van der Waals surface area contributed by atoms with Gasteiger partial charge in [-0.3, -0.25) is 10.1 Å². The fraction of sp³-hybridized carbons (Fsp3) is 0.538. The molecule has 0 spiro atoms. The zero-order valence-electron chi connectivity index (χ0n) is 10.9. The fourth-order valence-corrected chi connectivity index (χ4v) is 2.95. The number of nitrogens with two attached hydrogens (primary N) is 1. The molecule has 0 radical (unpaired) electrons. The monoisotopic (exact) mass is 283 g/mol. The maximum Gasteiger partial charge on any atom is 0.310 e. The second-order valence-corrected chi connectivity index (χ2v) is 5.48. The van der Waals surface area contributed by atoms with E-state index in [1.807, 2.05) is 4.90 Å². The van der Waals surface area contributed by atoms with E-state index in [1.165, 1.54) is 0 Å². The van der Waals surface area contributed by atoms with Gasteiger partial charge in [-0.05, 0) is 30.9 Å². The molecular formula is C13H18ClN3O2. The third-order valence-corrected chi connectivity index (χ3v) is 4.01. The molecule has 2 rings (SSSR count). The van der Waals surface area contributed by atoms with Crippen LogP contribution in [0.3, 0.4) is 0 Å². The minimum Gasteiger partial charge on any atom is -0.362 e. The number of nitrogens with zero attached hydrogens (tertiary/aromatic N) is 2. The van der Waals surface area contributed by atoms with Crippen LogP contribution >= 0.6 is 11.6 Å². The van der Waals surface area contributed by atoms with Crippen LogP contribution < -0.4 is 10.6 Å². The Kier molecular flexibility index (Phi) is 4.27. The lowest BCUT2D eigenvalue weighted by atomic mass is 9.92. The number of hydrogen-bond donors (Lipinski definition) is 1. The van der Waals surface area contributed by atoms with Gasteiger partial charge in [0.05, 0.1) is 4.92 Å². The number of hydrogen-bond acceptors (Lipinski definition) is 4. The van der Waals surface area contributed by atoms with Crippen LogP contribution in [0.4, 0.5) is 11.4 Å². The first kappa shape index (κ1) is 14.1. The van der Waals surface area contributed by atoms with Crippen molar-refractivity contribution in [1.82, 2.24) is 0 Å². The van der Waals surface area contributed by atoms with Gasteiger partial charge in [-0.1, -0.05) is 24.6 Å². The molecule has 0 aromatic heterocycles. The van der Waals surface area contributed by atoms with Gasteiger partial charge >= 0.3 is 5.69 Å². The zero-order chi connectivity index (χ0) is 14.0. The molecule has 1 heterocycles. The standard InChI is InChI=1S/C13H18ClN3O2/c1-9-5-6-16(10(7-9)8-15)12-4-2-3-11(14)13(12)17(18)19/h2-4,9-10H,5-8,15H2,1H3. The first-order valence-corrected chi connectivity index (χ1v) is 6.82. The fourth-order valence-electron chi connectivity index (χ4n) is 2.71. The molecule has 1 aromatic carbocycles. The second-order valence-electron chi connectivity index (χ2n) is 5.08. The summed E-state index contributed by atoms with van der Waals surface area (Å²) in [6, 6.07) is 5.19. The van der Waals surface area contributed by atoms with Gasteiger partial charge in [-0.2, -0.15) is 0 Å². The van der Waals surface area contributed by atoms with E-state index in [2.05, 4.69) is 6.92 Å². The molecule has 6 heteroatoms. The van der Waals surface area contributed by atoms with Crippen molar-refractivity contribution in [2.45, 2.75) is 25.8 Å². The molecule has 0 bridgehead atoms. The predicted molar refractivity (Wildman–Crippen MR) is 76.7 cm³/mol. The molecule has 0 aliphatic carbocycles. The first-order valence-electron chi connectivity index (χ1n) is 6.44. The number of piperidine rings is 1. The Labute approximate surface area is 117 Å². The van der Waals surface area contributed by atoms with Crippen molar-refractivity contribution >= 4 is 23.0 Å². The van der Waals surface area contributed by atoms with Gasteiger partial charge < -0.3 is 10.6 Å². The molecule has 104 valence electrons. The summed E-state index contributed by atoms with van der Waals surface area (Å²) in [6.07, 6.45) is 1.97. The molecule has 1 aliphatic rings. The molecule has 0 amide bonds. The summed E-state index contributed by atoms with van der Waals surface area (Å²) >= 11 is 5.96. The average molecular weight is 284 g/mol. The molecule has 1 saturated heterocycles. The number of para-hydroxylation sites is 1. The van der Waals surface area contributed by atoms with Crippen molar-refractivity contribution < 1.29 is 4.92 Å². The topological polar surface area (TPSA) is 72.4 Å². The average Bonchev–Trinajstić information content (AvgIpc) is 2.37. The second kappa shape index (κ2) is 5.75. The molecule has 19 heavy (non-hydrogen) atoms. The molecule has 0 saturated carbocycles. The summed E-state index contributed by atoms with van der Waals surface area (Å²) < 4.78 is 0. The van der Waals surface area contributed by atoms with E-state index in [0.29, 0.717) is 18.2 Å². The highest BCUT2D eigenvalue weighted by Gasteiger charge is 2.31. The summed E-state index contributed by atoms with van der Waals surface area (Å²) in [5, 5.41) is 11.4. The minimum absolute atomic E-state index is 0.0165. The van der Waals surface area contributed by atoms with Crippen LogP contribution in [0.25, 0.3) is 0 Å². The van der Waals surface area contributed by atoms with Crippen molar-refractivity contribution in [3.05, 3.63) is 33.3 Å². The molecule has 2 N–H and O–H groups in total. The Morgan fingerprint density at radius 3 is 2.95 bits per heavy atom. The number of rotatable bonds is 3. The molecule has 1 aliphatic heterocycles. The Balaban J connectivity index is 2.40. The van der Waals surface area contributed by atoms with Gasteiger partial charge in [0, 0.05) is 19.1 Å². The van der Waals surface area contributed by atoms with E-state index in [9.17, 15) is 10.1 Å². The van der Waals surface area contributed by atoms with Crippen LogP contribution in [0.5, 0.6) is 0 Å². The quantitative estimate of drug-likeness (QED) is 0.684. The number of nitro benzene ring substituents is 1. The normalized spacial score (nSPS) is 23.4. The SMILES string of the molecule is CC1CCN(c2cccc(Cl)c2[N+](=O)[O-])C(CN)C1. The van der Waals surface area contributed by atoms with E-state index < -0.39 is 4.92 Å². The summed E-state index contributed by atoms with van der Waals surface area (Å²) in [4.78, 5) is 12.8. The minimum atomic E-state index is -0.413. The van der Waals surface area contributed by atoms with Gasteiger partial charge in [0.25, 0.3) is 0 Å². The van der Waals surface area contributed by atoms with E-state index in [0.717, 1.165) is 19.4 Å². The largest absolute Gasteiger partial charge is 0.362 e. The molecular weight excluding hydrogens is 266 g/mol. The molecule has 1 fully saturated rings. The van der Waals surface area contributed by atoms with Gasteiger partial charge in [-0.15, -0.1) is 0 Å². The highest BCUT2D eigenvalue weighted by Crippen LogP contribution is 2.38. The summed E-state index contributed by atoms with van der Waals surface area (Å²) in [5.41, 5.74) is 6.38. The molecule has 2 atom stereocenters. The van der Waals surface area contributed by atoms with Gasteiger partial charge in [0.15, 0.2) is 0 Å². The van der Waals surface area contributed by atoms with Gasteiger partial charge in [0.2, 0.25) is 0 Å². The van der Waals surface area contributed by atoms with E-state index in [4.69, 9.17) is 17.3 Å². The van der Waals surface area contributed by atoms with E-state index >= 15 is 0 Å². The van der Waals surface area contributed by atoms with Crippen molar-refractivity contribution in [2.75, 3.05) is 18.0 Å². The van der Waals surface area contributed by atoms with Crippen molar-refractivity contribution in [3.8, 4) is 0 Å². The first-order chi connectivity index (χ1) is 9.04. The lowest BCUT2D eigenvalue weighted by Crippen LogP contribution is -2.46. The van der Waals surface area contributed by atoms with Gasteiger partial charge in [0.1, 0.15) is 10.7 Å². The lowest BCUT2D eigenvalue weighted by Gasteiger charge is -2.39. The maximum atomic E-state index is 11.2. The highest BCUT2D eigenvalue weighted by molar-refractivity contribution is 6.33. The number of anilines is 1. The zero-order valence-corrected chi connectivity index (χ0v) is 11.6. The Morgan fingerprint density at radius 2 is 2.32 bits per heavy atom. The molecule has 5 nitrogen and oxygen atoms in total. The summed E-state index contributed by atoms with van der Waals surface area (Å²) in [7, 11) is 0. The van der Waals surface area contributed by atoms with Crippen LogP contribution in [0, 0.1) is 16.0 Å². The smallest absolute Gasteiger partial charge is 0.310 e. The maximum absolute atomic E-state index is 11.2. The number of benzene rings is 1. The Morgan fingerprint density at radius 1 is 1.58 bits per heavy atom. The van der Waals surface area contributed by atoms with Crippen molar-refractivity contribution in [1.29, 1.82) is 0 Å². The lowest BCUT2D eigenvalue weighted by molar-refractivity contribution is -0.384. The van der Waals surface area contributed by atoms with Crippen molar-refractivity contribution in [3.63, 3.8) is 0 Å². The van der Waals surface area contributed by atoms with E-state index in [-0.39, 0.29) is 16.8 Å². The summed E-state index contributed by atoms with van der Waals surface area (Å²) in [5.74, 6) is 0.600. The third-order valence-electron chi connectivity index (χ3n) is 3.71. The van der Waals surface area contributed by atoms with Gasteiger partial charge in [-0.25, -0.2) is 0 Å². The Bertz CT molecular complexity index is 481. The predicted octanol–water partition coefficient (Wildman–Crippen LogP) is 2.81. The van der Waals surface area contributed by atoms with Crippen LogP contribution in [-0.4, -0.2) is 24.1 Å². The van der Waals surface area contributed by atoms with Crippen LogP contribution in [0.1, 0.15) is 19.8 Å². The van der Waals surface area contributed by atoms with Crippen LogP contribution in [0.2, 0.25) is 5.02 Å². The highest BCUT2D eigenvalue weighted by atomic mass is 35.5. The molecule has 1 aromatic rings.